The molecule has 0 radical (unpaired) electrons. The highest BCUT2D eigenvalue weighted by Crippen LogP contribution is 2.27. The predicted molar refractivity (Wildman–Crippen MR) is 102 cm³/mol. The molecule has 1 aliphatic rings. The average Bonchev–Trinajstić information content (AvgIpc) is 2.70. The molecule has 5 nitrogen and oxygen atoms in total. The van der Waals surface area contributed by atoms with Crippen LogP contribution < -0.4 is 10.6 Å². The van der Waals surface area contributed by atoms with Gasteiger partial charge >= 0.3 is 0 Å². The molecular weight excluding hydrogens is 364 g/mol. The Labute approximate surface area is 162 Å². The molecule has 2 atom stereocenters. The van der Waals surface area contributed by atoms with Crippen LogP contribution in [0.25, 0.3) is 0 Å². The number of piperidine rings is 1. The van der Waals surface area contributed by atoms with Crippen molar-refractivity contribution in [3.63, 3.8) is 0 Å². The monoisotopic (exact) mass is 387 g/mol. The van der Waals surface area contributed by atoms with Crippen molar-refractivity contribution >= 4 is 11.8 Å². The van der Waals surface area contributed by atoms with Gasteiger partial charge in [0.15, 0.2) is 11.6 Å². The Balaban J connectivity index is 1.79. The van der Waals surface area contributed by atoms with E-state index in [2.05, 4.69) is 10.6 Å². The van der Waals surface area contributed by atoms with Gasteiger partial charge in [0.1, 0.15) is 0 Å². The standard InChI is InChI=1S/C21H23F2N3O2/c1-26(2)21(28)15-5-3-4-14(10-15)20(27)25-19-12-24-9-8-16(19)13-6-7-17(22)18(23)11-13/h3-7,10-11,16,19,24H,8-9,12H2,1-2H3,(H,25,27). The smallest absolute Gasteiger partial charge is 0.253 e. The summed E-state index contributed by atoms with van der Waals surface area (Å²) in [6.07, 6.45) is 0.690. The third-order valence-electron chi connectivity index (χ3n) is 4.95. The molecule has 0 spiro atoms. The molecule has 0 aromatic heterocycles. The highest BCUT2D eigenvalue weighted by atomic mass is 19.2. The Morgan fingerprint density at radius 3 is 2.54 bits per heavy atom. The molecule has 148 valence electrons. The van der Waals surface area contributed by atoms with Crippen LogP contribution in [-0.2, 0) is 0 Å². The van der Waals surface area contributed by atoms with E-state index in [1.165, 1.54) is 11.0 Å². The molecule has 3 rings (SSSR count). The van der Waals surface area contributed by atoms with E-state index in [9.17, 15) is 18.4 Å². The number of amides is 2. The maximum absolute atomic E-state index is 13.7. The fourth-order valence-corrected chi connectivity index (χ4v) is 3.46. The van der Waals surface area contributed by atoms with E-state index in [1.807, 2.05) is 0 Å². The van der Waals surface area contributed by atoms with Crippen LogP contribution in [0.3, 0.4) is 0 Å². The molecule has 7 heteroatoms. The average molecular weight is 387 g/mol. The number of nitrogens with zero attached hydrogens (tertiary/aromatic N) is 1. The number of hydrogen-bond donors (Lipinski definition) is 2. The molecule has 2 aromatic rings. The highest BCUT2D eigenvalue weighted by molar-refractivity contribution is 5.99. The first-order chi connectivity index (χ1) is 13.4. The summed E-state index contributed by atoms with van der Waals surface area (Å²) in [5.41, 5.74) is 1.46. The zero-order valence-corrected chi connectivity index (χ0v) is 15.8. The van der Waals surface area contributed by atoms with Gasteiger partial charge in [0.2, 0.25) is 0 Å². The molecule has 1 fully saturated rings. The molecule has 2 amide bonds. The Morgan fingerprint density at radius 1 is 1.07 bits per heavy atom. The minimum absolute atomic E-state index is 0.133. The summed E-state index contributed by atoms with van der Waals surface area (Å²) in [5.74, 6) is -2.41. The van der Waals surface area contributed by atoms with Crippen LogP contribution in [0.1, 0.15) is 38.6 Å². The second-order valence-corrected chi connectivity index (χ2v) is 7.13. The second kappa shape index (κ2) is 8.48. The lowest BCUT2D eigenvalue weighted by molar-refractivity contribution is 0.0827. The van der Waals surface area contributed by atoms with Crippen molar-refractivity contribution < 1.29 is 18.4 Å². The second-order valence-electron chi connectivity index (χ2n) is 7.13. The summed E-state index contributed by atoms with van der Waals surface area (Å²) in [5, 5.41) is 6.19. The molecule has 2 unspecified atom stereocenters. The molecule has 1 aliphatic heterocycles. The highest BCUT2D eigenvalue weighted by Gasteiger charge is 2.28. The Hall–Kier alpha value is -2.80. The maximum atomic E-state index is 13.7. The fraction of sp³-hybridized carbons (Fsp3) is 0.333. The number of nitrogens with one attached hydrogen (secondary N) is 2. The van der Waals surface area contributed by atoms with Gasteiger partial charge in [-0.05, 0) is 48.9 Å². The Bertz CT molecular complexity index is 886. The van der Waals surface area contributed by atoms with Crippen molar-refractivity contribution in [2.45, 2.75) is 18.4 Å². The molecule has 0 aliphatic carbocycles. The largest absolute Gasteiger partial charge is 0.347 e. The number of benzene rings is 2. The van der Waals surface area contributed by atoms with E-state index >= 15 is 0 Å². The van der Waals surface area contributed by atoms with E-state index in [1.54, 1.807) is 44.4 Å². The Kier molecular flexibility index (Phi) is 6.04. The van der Waals surface area contributed by atoms with Gasteiger partial charge in [0.05, 0.1) is 0 Å². The first-order valence-corrected chi connectivity index (χ1v) is 9.15. The molecule has 0 bridgehead atoms. The fourth-order valence-electron chi connectivity index (χ4n) is 3.46. The van der Waals surface area contributed by atoms with Gasteiger partial charge in [-0.25, -0.2) is 8.78 Å². The van der Waals surface area contributed by atoms with Crippen LogP contribution in [0.2, 0.25) is 0 Å². The lowest BCUT2D eigenvalue weighted by Gasteiger charge is -2.33. The molecule has 28 heavy (non-hydrogen) atoms. The zero-order chi connectivity index (χ0) is 20.3. The van der Waals surface area contributed by atoms with Crippen LogP contribution >= 0.6 is 0 Å². The minimum atomic E-state index is -0.893. The van der Waals surface area contributed by atoms with Crippen LogP contribution in [0.15, 0.2) is 42.5 Å². The van der Waals surface area contributed by atoms with Gasteiger partial charge in [-0.1, -0.05) is 12.1 Å². The van der Waals surface area contributed by atoms with Gasteiger partial charge in [0.25, 0.3) is 11.8 Å². The van der Waals surface area contributed by atoms with E-state index < -0.39 is 11.6 Å². The van der Waals surface area contributed by atoms with Crippen molar-refractivity contribution in [2.24, 2.45) is 0 Å². The summed E-state index contributed by atoms with van der Waals surface area (Å²) in [4.78, 5) is 26.3. The van der Waals surface area contributed by atoms with Crippen LogP contribution in [0, 0.1) is 11.6 Å². The molecule has 2 aromatic carbocycles. The zero-order valence-electron chi connectivity index (χ0n) is 15.8. The number of carbonyl (C=O) groups is 2. The van der Waals surface area contributed by atoms with E-state index in [0.29, 0.717) is 29.7 Å². The number of halogens is 2. The summed E-state index contributed by atoms with van der Waals surface area (Å²) in [6, 6.07) is 10.1. The Morgan fingerprint density at radius 2 is 1.82 bits per heavy atom. The SMILES string of the molecule is CN(C)C(=O)c1cccc(C(=O)NC2CNCCC2c2ccc(F)c(F)c2)c1. The molecule has 2 N–H and O–H groups in total. The summed E-state index contributed by atoms with van der Waals surface area (Å²) >= 11 is 0. The van der Waals surface area contributed by atoms with Crippen molar-refractivity contribution in [3.8, 4) is 0 Å². The lowest BCUT2D eigenvalue weighted by Crippen LogP contribution is -2.50. The lowest BCUT2D eigenvalue weighted by atomic mass is 9.85. The quantitative estimate of drug-likeness (QED) is 0.848. The van der Waals surface area contributed by atoms with Crippen LogP contribution in [0.4, 0.5) is 8.78 Å². The number of rotatable bonds is 4. The van der Waals surface area contributed by atoms with Gasteiger partial charge in [-0.3, -0.25) is 9.59 Å². The number of hydrogen-bond acceptors (Lipinski definition) is 3. The van der Waals surface area contributed by atoms with Gasteiger partial charge in [-0.15, -0.1) is 0 Å². The van der Waals surface area contributed by atoms with E-state index in [-0.39, 0.29) is 23.8 Å². The molecule has 1 saturated heterocycles. The van der Waals surface area contributed by atoms with Crippen molar-refractivity contribution in [3.05, 3.63) is 70.8 Å². The topological polar surface area (TPSA) is 61.4 Å². The first kappa shape index (κ1) is 19.9. The predicted octanol–water partition coefficient (Wildman–Crippen LogP) is 2.54. The maximum Gasteiger partial charge on any atom is 0.253 e. The van der Waals surface area contributed by atoms with Crippen molar-refractivity contribution in [1.82, 2.24) is 15.5 Å². The molecular formula is C21H23F2N3O2. The van der Waals surface area contributed by atoms with Crippen molar-refractivity contribution in [2.75, 3.05) is 27.2 Å². The summed E-state index contributed by atoms with van der Waals surface area (Å²) in [6.45, 7) is 1.24. The van der Waals surface area contributed by atoms with Gasteiger partial charge < -0.3 is 15.5 Å². The first-order valence-electron chi connectivity index (χ1n) is 9.15. The summed E-state index contributed by atoms with van der Waals surface area (Å²) < 4.78 is 26.9. The molecule has 1 heterocycles. The normalized spacial score (nSPS) is 19.1. The minimum Gasteiger partial charge on any atom is -0.347 e. The summed E-state index contributed by atoms with van der Waals surface area (Å²) in [7, 11) is 3.30. The number of carbonyl (C=O) groups excluding carboxylic acids is 2. The molecule has 0 saturated carbocycles. The van der Waals surface area contributed by atoms with E-state index in [4.69, 9.17) is 0 Å². The van der Waals surface area contributed by atoms with Crippen LogP contribution in [0.5, 0.6) is 0 Å². The third-order valence-corrected chi connectivity index (χ3v) is 4.95. The van der Waals surface area contributed by atoms with Gasteiger partial charge in [-0.2, -0.15) is 0 Å². The van der Waals surface area contributed by atoms with Crippen molar-refractivity contribution in [1.29, 1.82) is 0 Å². The third kappa shape index (κ3) is 4.36. The van der Waals surface area contributed by atoms with E-state index in [0.717, 1.165) is 12.6 Å². The van der Waals surface area contributed by atoms with Crippen LogP contribution in [-0.4, -0.2) is 49.9 Å². The van der Waals surface area contributed by atoms with Gasteiger partial charge in [0, 0.05) is 43.7 Å².